The Bertz CT molecular complexity index is 339. The average molecular weight is 240 g/mol. The zero-order chi connectivity index (χ0) is 12.2. The molecular weight excluding hydrogens is 218 g/mol. The van der Waals surface area contributed by atoms with Gasteiger partial charge in [0.05, 0.1) is 0 Å². The lowest BCUT2D eigenvalue weighted by Crippen LogP contribution is -2.11. The Balaban J connectivity index is 2.82. The summed E-state index contributed by atoms with van der Waals surface area (Å²) in [5.74, 6) is 0. The maximum atomic E-state index is 6.14. The summed E-state index contributed by atoms with van der Waals surface area (Å²) in [6, 6.07) is 6.39. The Morgan fingerprint density at radius 2 is 1.81 bits per heavy atom. The van der Waals surface area contributed by atoms with E-state index in [0.29, 0.717) is 0 Å². The predicted molar refractivity (Wildman–Crippen MR) is 72.1 cm³/mol. The summed E-state index contributed by atoms with van der Waals surface area (Å²) in [5.41, 5.74) is 8.29. The highest BCUT2D eigenvalue weighted by Gasteiger charge is 2.14. The van der Waals surface area contributed by atoms with Crippen molar-refractivity contribution in [2.75, 3.05) is 6.54 Å². The van der Waals surface area contributed by atoms with Crippen molar-refractivity contribution < 1.29 is 0 Å². The van der Waals surface area contributed by atoms with Crippen LogP contribution in [0.1, 0.15) is 44.7 Å². The highest BCUT2D eigenvalue weighted by molar-refractivity contribution is 6.30. The third-order valence-corrected chi connectivity index (χ3v) is 2.96. The molecule has 1 aromatic carbocycles. The van der Waals surface area contributed by atoms with Crippen LogP contribution in [0.15, 0.2) is 18.2 Å². The number of halogens is 1. The number of hydrogen-bond donors (Lipinski definition) is 1. The number of aryl methyl sites for hydroxylation is 1. The van der Waals surface area contributed by atoms with Crippen molar-refractivity contribution in [2.24, 2.45) is 5.73 Å². The first-order chi connectivity index (χ1) is 7.43. The molecule has 0 saturated carbocycles. The van der Waals surface area contributed by atoms with Crippen LogP contribution in [0.5, 0.6) is 0 Å². The summed E-state index contributed by atoms with van der Waals surface area (Å²) < 4.78 is 0. The van der Waals surface area contributed by atoms with Crippen molar-refractivity contribution in [1.82, 2.24) is 0 Å². The summed E-state index contributed by atoms with van der Waals surface area (Å²) in [6.07, 6.45) is 3.29. The summed E-state index contributed by atoms with van der Waals surface area (Å²) in [5, 5.41) is 0.843. The number of hydrogen-bond acceptors (Lipinski definition) is 1. The fourth-order valence-corrected chi connectivity index (χ4v) is 1.96. The number of benzene rings is 1. The van der Waals surface area contributed by atoms with E-state index >= 15 is 0 Å². The molecule has 0 atom stereocenters. The molecule has 0 fully saturated rings. The Morgan fingerprint density at radius 3 is 2.38 bits per heavy atom. The summed E-state index contributed by atoms with van der Waals surface area (Å²) in [4.78, 5) is 0. The lowest BCUT2D eigenvalue weighted by molar-refractivity contribution is 0.589. The van der Waals surface area contributed by atoms with Crippen molar-refractivity contribution in [3.05, 3.63) is 34.3 Å². The largest absolute Gasteiger partial charge is 0.330 e. The molecule has 2 N–H and O–H groups in total. The smallest absolute Gasteiger partial charge is 0.0411 e. The zero-order valence-electron chi connectivity index (χ0n) is 10.5. The molecule has 0 radical (unpaired) electrons. The Hall–Kier alpha value is -0.530. The maximum Gasteiger partial charge on any atom is 0.0411 e. The van der Waals surface area contributed by atoms with Gasteiger partial charge in [-0.2, -0.15) is 0 Å². The number of nitrogens with two attached hydrogens (primary N) is 1. The van der Waals surface area contributed by atoms with Crippen LogP contribution in [-0.2, 0) is 11.8 Å². The summed E-state index contributed by atoms with van der Waals surface area (Å²) in [7, 11) is 0. The van der Waals surface area contributed by atoms with Crippen LogP contribution in [0.3, 0.4) is 0 Å². The van der Waals surface area contributed by atoms with Gasteiger partial charge in [-0.05, 0) is 54.5 Å². The van der Waals surface area contributed by atoms with Crippen LogP contribution >= 0.6 is 11.6 Å². The molecular formula is C14H22ClN. The van der Waals surface area contributed by atoms with E-state index < -0.39 is 0 Å². The van der Waals surface area contributed by atoms with E-state index in [1.54, 1.807) is 0 Å². The fourth-order valence-electron chi connectivity index (χ4n) is 1.70. The molecule has 0 aliphatic carbocycles. The van der Waals surface area contributed by atoms with Crippen LogP contribution in [0, 0.1) is 0 Å². The molecule has 0 amide bonds. The summed E-state index contributed by atoms with van der Waals surface area (Å²) in [6.45, 7) is 7.40. The second-order valence-corrected chi connectivity index (χ2v) is 5.78. The minimum atomic E-state index is 0.160. The lowest BCUT2D eigenvalue weighted by Gasteiger charge is -2.20. The van der Waals surface area contributed by atoms with Crippen LogP contribution in [-0.4, -0.2) is 6.54 Å². The van der Waals surface area contributed by atoms with E-state index in [9.17, 15) is 0 Å². The van der Waals surface area contributed by atoms with E-state index in [1.807, 2.05) is 0 Å². The van der Waals surface area contributed by atoms with Crippen LogP contribution in [0.2, 0.25) is 5.02 Å². The quantitative estimate of drug-likeness (QED) is 0.792. The molecule has 0 unspecified atom stereocenters. The topological polar surface area (TPSA) is 26.0 Å². The second kappa shape index (κ2) is 5.70. The Labute approximate surface area is 104 Å². The molecule has 0 heterocycles. The van der Waals surface area contributed by atoms with Crippen molar-refractivity contribution in [1.29, 1.82) is 0 Å². The van der Waals surface area contributed by atoms with Crippen molar-refractivity contribution in [3.8, 4) is 0 Å². The number of rotatable bonds is 4. The van der Waals surface area contributed by atoms with Gasteiger partial charge in [0, 0.05) is 5.02 Å². The fraction of sp³-hybridized carbons (Fsp3) is 0.571. The van der Waals surface area contributed by atoms with Gasteiger partial charge in [0.25, 0.3) is 0 Å². The first-order valence-electron chi connectivity index (χ1n) is 5.93. The summed E-state index contributed by atoms with van der Waals surface area (Å²) >= 11 is 6.14. The van der Waals surface area contributed by atoms with Crippen molar-refractivity contribution in [3.63, 3.8) is 0 Å². The van der Waals surface area contributed by atoms with Gasteiger partial charge in [-0.1, -0.05) is 38.4 Å². The first kappa shape index (κ1) is 13.5. The van der Waals surface area contributed by atoms with E-state index in [1.165, 1.54) is 11.1 Å². The second-order valence-electron chi connectivity index (χ2n) is 5.34. The third kappa shape index (κ3) is 4.15. The highest BCUT2D eigenvalue weighted by atomic mass is 35.5. The molecule has 0 bridgehead atoms. The molecule has 0 saturated heterocycles. The lowest BCUT2D eigenvalue weighted by atomic mass is 9.86. The standard InChI is InChI=1S/C14H22ClN/c1-14(2,3)12-8-11(6-4-5-7-16)9-13(15)10-12/h8-10H,4-7,16H2,1-3H3. The molecule has 0 spiro atoms. The van der Waals surface area contributed by atoms with Crippen LogP contribution < -0.4 is 5.73 Å². The van der Waals surface area contributed by atoms with Gasteiger partial charge in [-0.15, -0.1) is 0 Å². The van der Waals surface area contributed by atoms with Gasteiger partial charge in [-0.25, -0.2) is 0 Å². The predicted octanol–water partition coefficient (Wildman–Crippen LogP) is 3.92. The van der Waals surface area contributed by atoms with Gasteiger partial charge in [0.1, 0.15) is 0 Å². The molecule has 1 rings (SSSR count). The molecule has 0 aliphatic heterocycles. The molecule has 2 heteroatoms. The van der Waals surface area contributed by atoms with Crippen molar-refractivity contribution >= 4 is 11.6 Å². The molecule has 90 valence electrons. The van der Waals surface area contributed by atoms with Gasteiger partial charge in [0.2, 0.25) is 0 Å². The van der Waals surface area contributed by atoms with E-state index in [0.717, 1.165) is 30.8 Å². The van der Waals surface area contributed by atoms with E-state index in [4.69, 9.17) is 17.3 Å². The molecule has 1 aromatic rings. The SMILES string of the molecule is CC(C)(C)c1cc(Cl)cc(CCCCN)c1. The third-order valence-electron chi connectivity index (χ3n) is 2.74. The van der Waals surface area contributed by atoms with Gasteiger partial charge < -0.3 is 5.73 Å². The first-order valence-corrected chi connectivity index (χ1v) is 6.31. The van der Waals surface area contributed by atoms with E-state index in [2.05, 4.69) is 39.0 Å². The monoisotopic (exact) mass is 239 g/mol. The van der Waals surface area contributed by atoms with Gasteiger partial charge in [0.15, 0.2) is 0 Å². The van der Waals surface area contributed by atoms with Gasteiger partial charge in [-0.3, -0.25) is 0 Å². The Kier molecular flexibility index (Phi) is 4.82. The van der Waals surface area contributed by atoms with Gasteiger partial charge >= 0.3 is 0 Å². The Morgan fingerprint density at radius 1 is 1.12 bits per heavy atom. The minimum Gasteiger partial charge on any atom is -0.330 e. The minimum absolute atomic E-state index is 0.160. The number of unbranched alkanes of at least 4 members (excludes halogenated alkanes) is 1. The molecule has 0 aliphatic rings. The zero-order valence-corrected chi connectivity index (χ0v) is 11.3. The highest BCUT2D eigenvalue weighted by Crippen LogP contribution is 2.27. The van der Waals surface area contributed by atoms with Crippen molar-refractivity contribution in [2.45, 2.75) is 45.4 Å². The average Bonchev–Trinajstić information content (AvgIpc) is 2.16. The van der Waals surface area contributed by atoms with Crippen LogP contribution in [0.25, 0.3) is 0 Å². The van der Waals surface area contributed by atoms with Crippen LogP contribution in [0.4, 0.5) is 0 Å². The molecule has 16 heavy (non-hydrogen) atoms. The molecule has 0 aromatic heterocycles. The maximum absolute atomic E-state index is 6.14. The molecule has 1 nitrogen and oxygen atoms in total. The normalized spacial score (nSPS) is 11.8. The van der Waals surface area contributed by atoms with E-state index in [-0.39, 0.29) is 5.41 Å².